The fraction of sp³-hybridized carbons (Fsp3) is 0.533. The number of benzene rings is 1. The van der Waals surface area contributed by atoms with E-state index in [-0.39, 0.29) is 18.7 Å². The Hall–Kier alpha value is -1.79. The largest absolute Gasteiger partial charge is 0.454 e. The van der Waals surface area contributed by atoms with E-state index in [0.717, 1.165) is 17.1 Å². The Bertz CT molecular complexity index is 514. The lowest BCUT2D eigenvalue weighted by Gasteiger charge is -2.29. The van der Waals surface area contributed by atoms with Crippen LogP contribution in [0.15, 0.2) is 18.2 Å². The van der Waals surface area contributed by atoms with Crippen molar-refractivity contribution in [3.63, 3.8) is 0 Å². The van der Waals surface area contributed by atoms with E-state index in [9.17, 15) is 4.79 Å². The summed E-state index contributed by atoms with van der Waals surface area (Å²) in [5.74, 6) is 1.66. The molecule has 21 heavy (non-hydrogen) atoms. The summed E-state index contributed by atoms with van der Waals surface area (Å²) in [7, 11) is 0. The van der Waals surface area contributed by atoms with Crippen molar-refractivity contribution in [1.82, 2.24) is 10.2 Å². The molecular weight excluding hydrogens is 272 g/mol. The van der Waals surface area contributed by atoms with Crippen molar-refractivity contribution in [2.75, 3.05) is 33.1 Å². The number of hydrogen-bond acceptors (Lipinski definition) is 5. The van der Waals surface area contributed by atoms with E-state index in [1.807, 2.05) is 30.0 Å². The predicted molar refractivity (Wildman–Crippen MR) is 76.3 cm³/mol. The highest BCUT2D eigenvalue weighted by Gasteiger charge is 2.22. The zero-order valence-corrected chi connectivity index (χ0v) is 12.1. The molecule has 1 aromatic carbocycles. The van der Waals surface area contributed by atoms with Crippen LogP contribution in [0.1, 0.15) is 12.5 Å². The first kappa shape index (κ1) is 14.2. The third-order valence-electron chi connectivity index (χ3n) is 3.74. The van der Waals surface area contributed by atoms with Gasteiger partial charge in [0.1, 0.15) is 0 Å². The van der Waals surface area contributed by atoms with Crippen LogP contribution < -0.4 is 14.8 Å². The van der Waals surface area contributed by atoms with Gasteiger partial charge in [-0.25, -0.2) is 0 Å². The number of nitrogens with one attached hydrogen (secondary N) is 1. The summed E-state index contributed by atoms with van der Waals surface area (Å²) in [6.45, 7) is 5.39. The highest BCUT2D eigenvalue weighted by Crippen LogP contribution is 2.32. The van der Waals surface area contributed by atoms with Crippen molar-refractivity contribution in [1.29, 1.82) is 0 Å². The Labute approximate surface area is 124 Å². The second-order valence-corrected chi connectivity index (χ2v) is 5.23. The third-order valence-corrected chi connectivity index (χ3v) is 3.74. The molecule has 6 heteroatoms. The molecule has 1 atom stereocenters. The number of amides is 1. The summed E-state index contributed by atoms with van der Waals surface area (Å²) in [4.78, 5) is 14.1. The minimum Gasteiger partial charge on any atom is -0.454 e. The van der Waals surface area contributed by atoms with Crippen molar-refractivity contribution in [3.8, 4) is 11.5 Å². The average molecular weight is 292 g/mol. The molecule has 6 nitrogen and oxygen atoms in total. The van der Waals surface area contributed by atoms with Crippen molar-refractivity contribution < 1.29 is 19.0 Å². The van der Waals surface area contributed by atoms with Crippen LogP contribution in [0.3, 0.4) is 0 Å². The van der Waals surface area contributed by atoms with E-state index in [1.165, 1.54) is 0 Å². The molecule has 0 spiro atoms. The van der Waals surface area contributed by atoms with Gasteiger partial charge >= 0.3 is 0 Å². The lowest BCUT2D eigenvalue weighted by Crippen LogP contribution is -2.49. The number of morpholine rings is 1. The topological polar surface area (TPSA) is 60.0 Å². The summed E-state index contributed by atoms with van der Waals surface area (Å²) in [5, 5.41) is 3.26. The molecule has 0 bridgehead atoms. The Kier molecular flexibility index (Phi) is 4.26. The van der Waals surface area contributed by atoms with E-state index in [0.29, 0.717) is 32.8 Å². The van der Waals surface area contributed by atoms with E-state index < -0.39 is 0 Å². The normalized spacial score (nSPS) is 18.6. The van der Waals surface area contributed by atoms with Crippen LogP contribution in [-0.2, 0) is 16.1 Å². The van der Waals surface area contributed by atoms with Gasteiger partial charge in [0.15, 0.2) is 11.5 Å². The second kappa shape index (κ2) is 6.32. The molecule has 2 aliphatic rings. The molecule has 1 amide bonds. The summed E-state index contributed by atoms with van der Waals surface area (Å²) in [6, 6.07) is 5.61. The summed E-state index contributed by atoms with van der Waals surface area (Å²) >= 11 is 0. The van der Waals surface area contributed by atoms with Crippen LogP contribution >= 0.6 is 0 Å². The maximum Gasteiger partial charge on any atom is 0.239 e. The van der Waals surface area contributed by atoms with Crippen LogP contribution in [-0.4, -0.2) is 49.9 Å². The molecule has 0 saturated carbocycles. The zero-order chi connectivity index (χ0) is 14.7. The van der Waals surface area contributed by atoms with Gasteiger partial charge in [0.05, 0.1) is 19.3 Å². The Balaban J connectivity index is 1.53. The van der Waals surface area contributed by atoms with Crippen LogP contribution in [0.4, 0.5) is 0 Å². The maximum absolute atomic E-state index is 12.3. The van der Waals surface area contributed by atoms with Crippen LogP contribution in [0.25, 0.3) is 0 Å². The number of fused-ring (bicyclic) bond motifs is 1. The fourth-order valence-electron chi connectivity index (χ4n) is 2.47. The van der Waals surface area contributed by atoms with Gasteiger partial charge in [0.2, 0.25) is 12.7 Å². The highest BCUT2D eigenvalue weighted by atomic mass is 16.7. The minimum absolute atomic E-state index is 0.124. The molecule has 0 aromatic heterocycles. The van der Waals surface area contributed by atoms with Crippen molar-refractivity contribution >= 4 is 5.91 Å². The molecule has 0 aliphatic carbocycles. The van der Waals surface area contributed by atoms with Gasteiger partial charge in [-0.1, -0.05) is 6.07 Å². The lowest BCUT2D eigenvalue weighted by atomic mass is 10.2. The van der Waals surface area contributed by atoms with Gasteiger partial charge in [-0.3, -0.25) is 4.79 Å². The van der Waals surface area contributed by atoms with E-state index >= 15 is 0 Å². The van der Waals surface area contributed by atoms with Gasteiger partial charge in [-0.2, -0.15) is 0 Å². The average Bonchev–Trinajstić information content (AvgIpc) is 3.00. The monoisotopic (exact) mass is 292 g/mol. The molecule has 3 rings (SSSR count). The van der Waals surface area contributed by atoms with Gasteiger partial charge < -0.3 is 24.4 Å². The number of carbonyl (C=O) groups excluding carboxylic acids is 1. The maximum atomic E-state index is 12.3. The van der Waals surface area contributed by atoms with Crippen molar-refractivity contribution in [2.24, 2.45) is 0 Å². The quantitative estimate of drug-likeness (QED) is 0.887. The number of carbonyl (C=O) groups is 1. The van der Waals surface area contributed by atoms with E-state index in [1.54, 1.807) is 0 Å². The van der Waals surface area contributed by atoms with Crippen LogP contribution in [0.2, 0.25) is 0 Å². The SMILES string of the molecule is CC(NCc1ccc2c(c1)OCO2)C(=O)N1CCOCC1. The first-order valence-corrected chi connectivity index (χ1v) is 7.22. The summed E-state index contributed by atoms with van der Waals surface area (Å²) in [5.41, 5.74) is 1.07. The first-order valence-electron chi connectivity index (χ1n) is 7.22. The Morgan fingerprint density at radius 3 is 2.86 bits per heavy atom. The summed E-state index contributed by atoms with van der Waals surface area (Å²) < 4.78 is 15.9. The van der Waals surface area contributed by atoms with Gasteiger partial charge in [0, 0.05) is 19.6 Å². The molecule has 1 N–H and O–H groups in total. The van der Waals surface area contributed by atoms with E-state index in [4.69, 9.17) is 14.2 Å². The van der Waals surface area contributed by atoms with Crippen LogP contribution in [0, 0.1) is 0 Å². The van der Waals surface area contributed by atoms with Gasteiger partial charge in [-0.15, -0.1) is 0 Å². The van der Waals surface area contributed by atoms with Crippen molar-refractivity contribution in [2.45, 2.75) is 19.5 Å². The van der Waals surface area contributed by atoms with Crippen LogP contribution in [0.5, 0.6) is 11.5 Å². The minimum atomic E-state index is -0.214. The standard InChI is InChI=1S/C15H20N2O4/c1-11(15(18)17-4-6-19-7-5-17)16-9-12-2-3-13-14(8-12)21-10-20-13/h2-3,8,11,16H,4-7,9-10H2,1H3. The molecule has 2 aliphatic heterocycles. The lowest BCUT2D eigenvalue weighted by molar-refractivity contribution is -0.137. The molecule has 1 aromatic rings. The third kappa shape index (κ3) is 3.28. The Morgan fingerprint density at radius 2 is 2.05 bits per heavy atom. The molecule has 1 unspecified atom stereocenters. The predicted octanol–water partition coefficient (Wildman–Crippen LogP) is 0.752. The zero-order valence-electron chi connectivity index (χ0n) is 12.1. The summed E-state index contributed by atoms with van der Waals surface area (Å²) in [6.07, 6.45) is 0. The Morgan fingerprint density at radius 1 is 1.29 bits per heavy atom. The number of hydrogen-bond donors (Lipinski definition) is 1. The van der Waals surface area contributed by atoms with Crippen molar-refractivity contribution in [3.05, 3.63) is 23.8 Å². The van der Waals surface area contributed by atoms with E-state index in [2.05, 4.69) is 5.32 Å². The number of ether oxygens (including phenoxy) is 3. The molecule has 1 fully saturated rings. The first-order chi connectivity index (χ1) is 10.2. The fourth-order valence-corrected chi connectivity index (χ4v) is 2.47. The van der Waals surface area contributed by atoms with Gasteiger partial charge in [-0.05, 0) is 24.6 Å². The smallest absolute Gasteiger partial charge is 0.239 e. The van der Waals surface area contributed by atoms with Gasteiger partial charge in [0.25, 0.3) is 0 Å². The highest BCUT2D eigenvalue weighted by molar-refractivity contribution is 5.81. The molecular formula is C15H20N2O4. The molecule has 1 saturated heterocycles. The molecule has 0 radical (unpaired) electrons. The molecule has 2 heterocycles. The second-order valence-electron chi connectivity index (χ2n) is 5.23. The molecule has 114 valence electrons. The number of nitrogens with zero attached hydrogens (tertiary/aromatic N) is 1. The number of rotatable bonds is 4.